The molecule has 0 saturated carbocycles. The number of anilines is 1. The van der Waals surface area contributed by atoms with Crippen LogP contribution in [0.1, 0.15) is 32.1 Å². The summed E-state index contributed by atoms with van der Waals surface area (Å²) in [5, 5.41) is 7.02. The first-order valence-corrected chi connectivity index (χ1v) is 7.89. The lowest BCUT2D eigenvalue weighted by molar-refractivity contribution is 0.0995. The zero-order chi connectivity index (χ0) is 18.8. The van der Waals surface area contributed by atoms with Crippen LogP contribution in [0.15, 0.2) is 48.5 Å². The smallest absolute Gasteiger partial charge is 0.276 e. The van der Waals surface area contributed by atoms with Gasteiger partial charge < -0.3 is 11.1 Å². The number of carbonyl (C=O) groups is 2. The van der Waals surface area contributed by atoms with E-state index < -0.39 is 11.8 Å². The number of hydrogen-bond donors (Lipinski definition) is 2. The molecule has 1 aromatic heterocycles. The number of hydrogen-bond acceptors (Lipinski definition) is 3. The minimum Gasteiger partial charge on any atom is -0.366 e. The molecule has 2 amide bonds. The van der Waals surface area contributed by atoms with Crippen LogP contribution in [0.4, 0.5) is 10.1 Å². The number of nitrogens with one attached hydrogen (secondary N) is 1. The number of nitrogens with zero attached hydrogens (tertiary/aromatic N) is 2. The Bertz CT molecular complexity index is 993. The summed E-state index contributed by atoms with van der Waals surface area (Å²) < 4.78 is 14.6. The Kier molecular flexibility index (Phi) is 4.53. The Hall–Kier alpha value is -3.48. The molecular weight excluding hydrogens is 335 g/mol. The largest absolute Gasteiger partial charge is 0.366 e. The molecule has 132 valence electrons. The van der Waals surface area contributed by atoms with Crippen molar-refractivity contribution < 1.29 is 14.0 Å². The summed E-state index contributed by atoms with van der Waals surface area (Å²) in [7, 11) is 0. The maximum atomic E-state index is 13.1. The lowest BCUT2D eigenvalue weighted by Crippen LogP contribution is -2.16. The van der Waals surface area contributed by atoms with Crippen molar-refractivity contribution in [1.29, 1.82) is 0 Å². The lowest BCUT2D eigenvalue weighted by atomic mass is 10.1. The summed E-state index contributed by atoms with van der Waals surface area (Å²) in [6.45, 7) is 3.61. The number of halogens is 1. The highest BCUT2D eigenvalue weighted by Crippen LogP contribution is 2.19. The van der Waals surface area contributed by atoms with Gasteiger partial charge in [-0.05, 0) is 61.9 Å². The molecule has 0 spiro atoms. The molecule has 0 fully saturated rings. The van der Waals surface area contributed by atoms with Gasteiger partial charge in [-0.1, -0.05) is 6.07 Å². The van der Waals surface area contributed by atoms with Crippen molar-refractivity contribution >= 4 is 17.5 Å². The van der Waals surface area contributed by atoms with Crippen molar-refractivity contribution in [3.63, 3.8) is 0 Å². The van der Waals surface area contributed by atoms with E-state index in [1.165, 1.54) is 18.2 Å². The Labute approximate surface area is 149 Å². The molecule has 1 heterocycles. The fourth-order valence-corrected chi connectivity index (χ4v) is 2.53. The highest BCUT2D eigenvalue weighted by atomic mass is 19.1. The number of nitrogens with two attached hydrogens (primary N) is 1. The second kappa shape index (κ2) is 6.79. The first-order chi connectivity index (χ1) is 12.3. The molecule has 26 heavy (non-hydrogen) atoms. The molecule has 0 aliphatic rings. The van der Waals surface area contributed by atoms with E-state index in [0.29, 0.717) is 16.9 Å². The summed E-state index contributed by atoms with van der Waals surface area (Å²) in [6.07, 6.45) is 0. The topological polar surface area (TPSA) is 90.0 Å². The third-order valence-corrected chi connectivity index (χ3v) is 3.96. The molecule has 0 saturated heterocycles. The summed E-state index contributed by atoms with van der Waals surface area (Å²) in [4.78, 5) is 23.9. The summed E-state index contributed by atoms with van der Waals surface area (Å²) in [6, 6.07) is 12.3. The first kappa shape index (κ1) is 17.3. The van der Waals surface area contributed by atoms with Crippen molar-refractivity contribution in [3.05, 3.63) is 76.9 Å². The molecule has 0 aliphatic heterocycles. The molecule has 6 nitrogen and oxygen atoms in total. The number of benzene rings is 2. The summed E-state index contributed by atoms with van der Waals surface area (Å²) in [5.74, 6) is -1.34. The second-order valence-corrected chi connectivity index (χ2v) is 5.91. The number of carbonyl (C=O) groups excluding carboxylic acids is 2. The van der Waals surface area contributed by atoms with Crippen molar-refractivity contribution in [2.24, 2.45) is 5.73 Å². The van der Waals surface area contributed by atoms with E-state index >= 15 is 0 Å². The van der Waals surface area contributed by atoms with Gasteiger partial charge in [-0.15, -0.1) is 0 Å². The molecule has 0 atom stereocenters. The molecule has 0 unspecified atom stereocenters. The van der Waals surface area contributed by atoms with Gasteiger partial charge in [0.1, 0.15) is 5.82 Å². The van der Waals surface area contributed by atoms with Gasteiger partial charge in [0.2, 0.25) is 5.91 Å². The lowest BCUT2D eigenvalue weighted by Gasteiger charge is -2.08. The quantitative estimate of drug-likeness (QED) is 0.756. The molecule has 2 aromatic carbocycles. The monoisotopic (exact) mass is 352 g/mol. The SMILES string of the molecule is Cc1ccc(C(N)=O)cc1NC(=O)c1cc(C)n(-c2ccc(F)cc2)n1. The first-order valence-electron chi connectivity index (χ1n) is 7.89. The van der Waals surface area contributed by atoms with Crippen LogP contribution in [0.5, 0.6) is 0 Å². The standard InChI is InChI=1S/C19H17FN4O2/c1-11-3-4-13(18(21)25)10-16(11)22-19(26)17-9-12(2)24(23-17)15-7-5-14(20)6-8-15/h3-10H,1-2H3,(H2,21,25)(H,22,26). The highest BCUT2D eigenvalue weighted by molar-refractivity contribution is 6.04. The van der Waals surface area contributed by atoms with Crippen molar-refractivity contribution in [3.8, 4) is 5.69 Å². The van der Waals surface area contributed by atoms with Crippen molar-refractivity contribution in [2.75, 3.05) is 5.32 Å². The van der Waals surface area contributed by atoms with E-state index in [1.54, 1.807) is 41.9 Å². The van der Waals surface area contributed by atoms with Gasteiger partial charge in [-0.2, -0.15) is 5.10 Å². The van der Waals surface area contributed by atoms with E-state index in [0.717, 1.165) is 11.3 Å². The molecule has 7 heteroatoms. The van der Waals surface area contributed by atoms with Gasteiger partial charge in [0.15, 0.2) is 5.69 Å². The van der Waals surface area contributed by atoms with Gasteiger partial charge >= 0.3 is 0 Å². The number of amides is 2. The van der Waals surface area contributed by atoms with Crippen LogP contribution in [0.3, 0.4) is 0 Å². The maximum absolute atomic E-state index is 13.1. The average Bonchev–Trinajstić information content (AvgIpc) is 2.99. The zero-order valence-corrected chi connectivity index (χ0v) is 14.3. The predicted molar refractivity (Wildman–Crippen MR) is 95.9 cm³/mol. The van der Waals surface area contributed by atoms with Crippen molar-refractivity contribution in [1.82, 2.24) is 9.78 Å². The summed E-state index contributed by atoms with van der Waals surface area (Å²) >= 11 is 0. The Morgan fingerprint density at radius 3 is 2.42 bits per heavy atom. The minimum atomic E-state index is -0.572. The van der Waals surface area contributed by atoms with E-state index in [4.69, 9.17) is 5.73 Å². The molecule has 0 bridgehead atoms. The number of aromatic nitrogens is 2. The predicted octanol–water partition coefficient (Wildman–Crippen LogP) is 2.98. The van der Waals surface area contributed by atoms with E-state index in [1.807, 2.05) is 6.92 Å². The molecular formula is C19H17FN4O2. The van der Waals surface area contributed by atoms with Crippen LogP contribution >= 0.6 is 0 Å². The molecule has 3 rings (SSSR count). The van der Waals surface area contributed by atoms with E-state index in [-0.39, 0.29) is 11.5 Å². The second-order valence-electron chi connectivity index (χ2n) is 5.91. The van der Waals surface area contributed by atoms with Crippen LogP contribution in [0.2, 0.25) is 0 Å². The zero-order valence-electron chi connectivity index (χ0n) is 14.3. The van der Waals surface area contributed by atoms with Gasteiger partial charge in [-0.25, -0.2) is 9.07 Å². The van der Waals surface area contributed by atoms with Crippen molar-refractivity contribution in [2.45, 2.75) is 13.8 Å². The van der Waals surface area contributed by atoms with Crippen LogP contribution in [0.25, 0.3) is 5.69 Å². The molecule has 0 radical (unpaired) electrons. The van der Waals surface area contributed by atoms with Crippen LogP contribution in [-0.2, 0) is 0 Å². The third-order valence-electron chi connectivity index (χ3n) is 3.96. The number of rotatable bonds is 4. The molecule has 3 N–H and O–H groups in total. The van der Waals surface area contributed by atoms with E-state index in [2.05, 4.69) is 10.4 Å². The molecule has 3 aromatic rings. The highest BCUT2D eigenvalue weighted by Gasteiger charge is 2.15. The third kappa shape index (κ3) is 3.46. The van der Waals surface area contributed by atoms with Crippen LogP contribution in [0, 0.1) is 19.7 Å². The summed E-state index contributed by atoms with van der Waals surface area (Å²) in [5.41, 5.74) is 8.44. The van der Waals surface area contributed by atoms with Gasteiger partial charge in [0.25, 0.3) is 5.91 Å². The average molecular weight is 352 g/mol. The Morgan fingerprint density at radius 1 is 1.08 bits per heavy atom. The Balaban J connectivity index is 1.87. The normalized spacial score (nSPS) is 10.6. The van der Waals surface area contributed by atoms with Gasteiger partial charge in [0.05, 0.1) is 5.69 Å². The number of aryl methyl sites for hydroxylation is 2. The Morgan fingerprint density at radius 2 is 1.77 bits per heavy atom. The fraction of sp³-hybridized carbons (Fsp3) is 0.105. The van der Waals surface area contributed by atoms with E-state index in [9.17, 15) is 14.0 Å². The van der Waals surface area contributed by atoms with Gasteiger partial charge in [-0.3, -0.25) is 9.59 Å². The number of primary amides is 1. The minimum absolute atomic E-state index is 0.204. The molecule has 0 aliphatic carbocycles. The van der Waals surface area contributed by atoms with Crippen LogP contribution < -0.4 is 11.1 Å². The van der Waals surface area contributed by atoms with Gasteiger partial charge in [0, 0.05) is 16.9 Å². The maximum Gasteiger partial charge on any atom is 0.276 e. The fourth-order valence-electron chi connectivity index (χ4n) is 2.53. The van der Waals surface area contributed by atoms with Crippen LogP contribution in [-0.4, -0.2) is 21.6 Å².